The lowest BCUT2D eigenvalue weighted by Gasteiger charge is -2.41. The first-order valence-corrected chi connectivity index (χ1v) is 10.9. The van der Waals surface area contributed by atoms with E-state index in [9.17, 15) is 14.0 Å². The van der Waals surface area contributed by atoms with Gasteiger partial charge in [-0.3, -0.25) is 9.59 Å². The van der Waals surface area contributed by atoms with Crippen molar-refractivity contribution in [2.24, 2.45) is 5.92 Å². The van der Waals surface area contributed by atoms with Gasteiger partial charge >= 0.3 is 0 Å². The van der Waals surface area contributed by atoms with Crippen molar-refractivity contribution in [3.05, 3.63) is 30.1 Å². The topological polar surface area (TPSA) is 62.3 Å². The fourth-order valence-corrected chi connectivity index (χ4v) is 4.11. The molecule has 2 aliphatic rings. The van der Waals surface area contributed by atoms with Crippen LogP contribution in [0.2, 0.25) is 0 Å². The maximum absolute atomic E-state index is 13.3. The van der Waals surface area contributed by atoms with E-state index in [1.807, 2.05) is 4.90 Å². The van der Waals surface area contributed by atoms with Crippen molar-refractivity contribution < 1.29 is 23.5 Å². The molecule has 8 heteroatoms. The highest BCUT2D eigenvalue weighted by atomic mass is 19.1. The lowest BCUT2D eigenvalue weighted by atomic mass is 9.89. The predicted octanol–water partition coefficient (Wildman–Crippen LogP) is 2.01. The normalized spacial score (nSPS) is 23.0. The zero-order chi connectivity index (χ0) is 22.6. The summed E-state index contributed by atoms with van der Waals surface area (Å²) in [5, 5.41) is 0. The molecule has 2 amide bonds. The Balaban J connectivity index is 1.72. The van der Waals surface area contributed by atoms with Crippen LogP contribution in [0, 0.1) is 11.7 Å². The van der Waals surface area contributed by atoms with Gasteiger partial charge in [-0.1, -0.05) is 0 Å². The summed E-state index contributed by atoms with van der Waals surface area (Å²) in [6, 6.07) is 5.92. The molecular weight excluding hydrogens is 401 g/mol. The molecular formula is C23H34FN3O4. The highest BCUT2D eigenvalue weighted by molar-refractivity contribution is 5.84. The van der Waals surface area contributed by atoms with E-state index < -0.39 is 5.60 Å². The molecule has 0 bridgehead atoms. The molecule has 0 spiro atoms. The van der Waals surface area contributed by atoms with Crippen LogP contribution in [0.3, 0.4) is 0 Å². The number of amides is 2. The third kappa shape index (κ3) is 5.95. The summed E-state index contributed by atoms with van der Waals surface area (Å²) in [6.45, 7) is 7.60. The molecule has 3 rings (SSSR count). The molecule has 2 saturated heterocycles. The lowest BCUT2D eigenvalue weighted by molar-refractivity contribution is -0.155. The standard InChI is InChI=1S/C23H34FN3O4/c1-23(2,30-4)22(29)27-10-9-20(31-19-7-5-18(24)6-8-19)17(16-27)15-21(28)26-13-11-25(3)12-14-26/h5-8,17,20H,9-16H2,1-4H3/t17-,20-/m0/s1. The number of carbonyl (C=O) groups excluding carboxylic acids is 2. The molecule has 0 unspecified atom stereocenters. The Hall–Kier alpha value is -2.19. The van der Waals surface area contributed by atoms with E-state index >= 15 is 0 Å². The number of nitrogens with zero attached hydrogens (tertiary/aromatic N) is 3. The molecule has 0 saturated carbocycles. The number of hydrogen-bond donors (Lipinski definition) is 0. The molecule has 2 heterocycles. The predicted molar refractivity (Wildman–Crippen MR) is 115 cm³/mol. The van der Waals surface area contributed by atoms with Crippen LogP contribution in [-0.4, -0.2) is 91.6 Å². The molecule has 2 atom stereocenters. The molecule has 0 aliphatic carbocycles. The minimum absolute atomic E-state index is 0.0890. The zero-order valence-electron chi connectivity index (χ0n) is 19.0. The van der Waals surface area contributed by atoms with E-state index in [1.54, 1.807) is 30.9 Å². The smallest absolute Gasteiger partial charge is 0.254 e. The zero-order valence-corrected chi connectivity index (χ0v) is 19.0. The molecule has 0 N–H and O–H groups in total. The fourth-order valence-electron chi connectivity index (χ4n) is 4.11. The number of rotatable bonds is 6. The molecule has 172 valence electrons. The SMILES string of the molecule is COC(C)(C)C(=O)N1CC[C@H](Oc2ccc(F)cc2)[C@@H](CC(=O)N2CCN(C)CC2)C1. The second-order valence-electron chi connectivity index (χ2n) is 9.01. The van der Waals surface area contributed by atoms with Crippen molar-refractivity contribution in [2.75, 3.05) is 53.4 Å². The highest BCUT2D eigenvalue weighted by Gasteiger charge is 2.39. The molecule has 2 fully saturated rings. The number of likely N-dealkylation sites (tertiary alicyclic amines) is 1. The maximum atomic E-state index is 13.3. The van der Waals surface area contributed by atoms with Crippen molar-refractivity contribution in [3.63, 3.8) is 0 Å². The van der Waals surface area contributed by atoms with Gasteiger partial charge in [-0.05, 0) is 45.2 Å². The Kier molecular flexibility index (Phi) is 7.54. The number of methoxy groups -OCH3 is 1. The second-order valence-corrected chi connectivity index (χ2v) is 9.01. The monoisotopic (exact) mass is 435 g/mol. The van der Waals surface area contributed by atoms with Crippen molar-refractivity contribution in [3.8, 4) is 5.75 Å². The average molecular weight is 436 g/mol. The van der Waals surface area contributed by atoms with E-state index in [2.05, 4.69) is 11.9 Å². The van der Waals surface area contributed by atoms with Gasteiger partial charge in [-0.2, -0.15) is 0 Å². The molecule has 0 aromatic heterocycles. The molecule has 2 aliphatic heterocycles. The van der Waals surface area contributed by atoms with E-state index in [4.69, 9.17) is 9.47 Å². The Morgan fingerprint density at radius 3 is 2.32 bits per heavy atom. The number of carbonyl (C=O) groups is 2. The summed E-state index contributed by atoms with van der Waals surface area (Å²) in [7, 11) is 3.58. The number of piperidine rings is 1. The summed E-state index contributed by atoms with van der Waals surface area (Å²) in [6.07, 6.45) is 0.688. The average Bonchev–Trinajstić information content (AvgIpc) is 2.76. The van der Waals surface area contributed by atoms with Crippen LogP contribution < -0.4 is 4.74 Å². The third-order valence-corrected chi connectivity index (χ3v) is 6.37. The van der Waals surface area contributed by atoms with Crippen molar-refractivity contribution >= 4 is 11.8 Å². The van der Waals surface area contributed by atoms with Gasteiger partial charge in [0.05, 0.1) is 0 Å². The van der Waals surface area contributed by atoms with Gasteiger partial charge in [0.15, 0.2) is 0 Å². The van der Waals surface area contributed by atoms with Crippen molar-refractivity contribution in [1.82, 2.24) is 14.7 Å². The molecule has 7 nitrogen and oxygen atoms in total. The number of halogens is 1. The van der Waals surface area contributed by atoms with Crippen LogP contribution in [0.4, 0.5) is 4.39 Å². The number of benzene rings is 1. The Morgan fingerprint density at radius 2 is 1.71 bits per heavy atom. The first-order valence-electron chi connectivity index (χ1n) is 10.9. The van der Waals surface area contributed by atoms with Crippen LogP contribution in [0.5, 0.6) is 5.75 Å². The number of piperazine rings is 1. The van der Waals surface area contributed by atoms with Crippen LogP contribution >= 0.6 is 0 Å². The van der Waals surface area contributed by atoms with Gasteiger partial charge in [0.2, 0.25) is 5.91 Å². The van der Waals surface area contributed by atoms with Gasteiger partial charge in [0.1, 0.15) is 23.3 Å². The van der Waals surface area contributed by atoms with E-state index in [-0.39, 0.29) is 29.7 Å². The minimum Gasteiger partial charge on any atom is -0.490 e. The third-order valence-electron chi connectivity index (χ3n) is 6.37. The lowest BCUT2D eigenvalue weighted by Crippen LogP contribution is -2.55. The minimum atomic E-state index is -0.920. The summed E-state index contributed by atoms with van der Waals surface area (Å²) in [5.41, 5.74) is -0.920. The number of hydrogen-bond acceptors (Lipinski definition) is 5. The van der Waals surface area contributed by atoms with Crippen LogP contribution in [-0.2, 0) is 14.3 Å². The molecule has 0 radical (unpaired) electrons. The van der Waals surface area contributed by atoms with Gasteiger partial charge in [-0.15, -0.1) is 0 Å². The van der Waals surface area contributed by atoms with Gasteiger partial charge < -0.3 is 24.2 Å². The van der Waals surface area contributed by atoms with Gasteiger partial charge in [-0.25, -0.2) is 4.39 Å². The summed E-state index contributed by atoms with van der Waals surface area (Å²) >= 11 is 0. The van der Waals surface area contributed by atoms with E-state index in [0.29, 0.717) is 44.8 Å². The van der Waals surface area contributed by atoms with Crippen LogP contribution in [0.25, 0.3) is 0 Å². The Morgan fingerprint density at radius 1 is 1.06 bits per heavy atom. The second kappa shape index (κ2) is 9.96. The van der Waals surface area contributed by atoms with E-state index in [1.165, 1.54) is 19.2 Å². The van der Waals surface area contributed by atoms with Crippen molar-refractivity contribution in [1.29, 1.82) is 0 Å². The first kappa shape index (κ1) is 23.5. The molecule has 1 aromatic rings. The number of ether oxygens (including phenoxy) is 2. The summed E-state index contributed by atoms with van der Waals surface area (Å²) in [5.74, 6) is 0.0951. The molecule has 1 aromatic carbocycles. The number of likely N-dealkylation sites (N-methyl/N-ethyl adjacent to an activating group) is 1. The highest BCUT2D eigenvalue weighted by Crippen LogP contribution is 2.28. The summed E-state index contributed by atoms with van der Waals surface area (Å²) in [4.78, 5) is 31.8. The van der Waals surface area contributed by atoms with E-state index in [0.717, 1.165) is 13.1 Å². The Bertz CT molecular complexity index is 763. The molecule has 31 heavy (non-hydrogen) atoms. The Labute approximate surface area is 184 Å². The van der Waals surface area contributed by atoms with Crippen LogP contribution in [0.15, 0.2) is 24.3 Å². The fraction of sp³-hybridized carbons (Fsp3) is 0.652. The van der Waals surface area contributed by atoms with Gasteiger partial charge in [0, 0.05) is 65.1 Å². The maximum Gasteiger partial charge on any atom is 0.254 e. The largest absolute Gasteiger partial charge is 0.490 e. The van der Waals surface area contributed by atoms with Crippen molar-refractivity contribution in [2.45, 2.75) is 38.4 Å². The van der Waals surface area contributed by atoms with Gasteiger partial charge in [0.25, 0.3) is 5.91 Å². The van der Waals surface area contributed by atoms with Crippen LogP contribution in [0.1, 0.15) is 26.7 Å². The quantitative estimate of drug-likeness (QED) is 0.684. The summed E-state index contributed by atoms with van der Waals surface area (Å²) < 4.78 is 24.8. The first-order chi connectivity index (χ1) is 14.7.